The van der Waals surface area contributed by atoms with Gasteiger partial charge in [-0.3, -0.25) is 4.90 Å². The van der Waals surface area contributed by atoms with Crippen molar-refractivity contribution in [2.75, 3.05) is 13.6 Å². The molecule has 0 aromatic rings. The van der Waals surface area contributed by atoms with Gasteiger partial charge >= 0.3 is 0 Å². The number of rotatable bonds is 4. The molecule has 0 aromatic carbocycles. The first-order chi connectivity index (χ1) is 9.19. The van der Waals surface area contributed by atoms with E-state index in [1.165, 1.54) is 51.5 Å². The molecule has 19 heavy (non-hydrogen) atoms. The molecule has 1 saturated carbocycles. The van der Waals surface area contributed by atoms with E-state index in [0.717, 1.165) is 30.0 Å². The minimum atomic E-state index is 0.718. The summed E-state index contributed by atoms with van der Waals surface area (Å²) in [7, 11) is 2.13. The number of hydrogen-bond donors (Lipinski definition) is 1. The molecule has 4 atom stereocenters. The highest BCUT2D eigenvalue weighted by atomic mass is 15.2. The van der Waals surface area contributed by atoms with Crippen LogP contribution in [0.15, 0.2) is 0 Å². The van der Waals surface area contributed by atoms with Crippen LogP contribution in [0.25, 0.3) is 0 Å². The van der Waals surface area contributed by atoms with Crippen LogP contribution in [0.5, 0.6) is 0 Å². The molecule has 1 aliphatic heterocycles. The third-order valence-corrected chi connectivity index (χ3v) is 6.03. The van der Waals surface area contributed by atoms with E-state index in [1.54, 1.807) is 0 Å². The van der Waals surface area contributed by atoms with Gasteiger partial charge in [0.25, 0.3) is 0 Å². The van der Waals surface area contributed by atoms with Crippen LogP contribution in [0.1, 0.15) is 65.7 Å². The van der Waals surface area contributed by atoms with Gasteiger partial charge < -0.3 is 5.32 Å². The Hall–Kier alpha value is -0.0800. The summed E-state index contributed by atoms with van der Waals surface area (Å²) in [5.41, 5.74) is 0. The van der Waals surface area contributed by atoms with Crippen molar-refractivity contribution in [2.45, 2.75) is 83.8 Å². The van der Waals surface area contributed by atoms with E-state index >= 15 is 0 Å². The van der Waals surface area contributed by atoms with Crippen molar-refractivity contribution < 1.29 is 0 Å². The van der Waals surface area contributed by atoms with Gasteiger partial charge in [0.2, 0.25) is 0 Å². The van der Waals surface area contributed by atoms with E-state index in [-0.39, 0.29) is 0 Å². The summed E-state index contributed by atoms with van der Waals surface area (Å²) in [6.07, 6.45) is 10.0. The maximum atomic E-state index is 3.51. The molecule has 0 amide bonds. The van der Waals surface area contributed by atoms with Gasteiger partial charge in [0.15, 0.2) is 0 Å². The van der Waals surface area contributed by atoms with E-state index in [0.29, 0.717) is 0 Å². The van der Waals surface area contributed by atoms with Crippen LogP contribution < -0.4 is 5.32 Å². The van der Waals surface area contributed by atoms with E-state index in [4.69, 9.17) is 0 Å². The van der Waals surface area contributed by atoms with Gasteiger partial charge in [-0.2, -0.15) is 0 Å². The summed E-state index contributed by atoms with van der Waals surface area (Å²) in [6, 6.07) is 2.30. The molecule has 0 radical (unpaired) electrons. The molecule has 0 bridgehead atoms. The standard InChI is InChI=1S/C17H34N2/c1-5-17(15-9-7-6-8-10-15)19-12-11-16(18-4)13(2)14(19)3/h13-18H,5-12H2,1-4H3. The molecule has 2 rings (SSSR count). The van der Waals surface area contributed by atoms with Crippen LogP contribution in [0, 0.1) is 11.8 Å². The summed E-state index contributed by atoms with van der Waals surface area (Å²) < 4.78 is 0. The molecule has 2 fully saturated rings. The zero-order valence-electron chi connectivity index (χ0n) is 13.5. The Morgan fingerprint density at radius 1 is 1.11 bits per heavy atom. The van der Waals surface area contributed by atoms with Crippen LogP contribution in [0.3, 0.4) is 0 Å². The predicted molar refractivity (Wildman–Crippen MR) is 83.5 cm³/mol. The van der Waals surface area contributed by atoms with Gasteiger partial charge in [0.1, 0.15) is 0 Å². The highest BCUT2D eigenvalue weighted by Gasteiger charge is 2.37. The van der Waals surface area contributed by atoms with Gasteiger partial charge in [0, 0.05) is 24.7 Å². The predicted octanol–water partition coefficient (Wildman–Crippen LogP) is 3.66. The van der Waals surface area contributed by atoms with Crippen molar-refractivity contribution in [1.82, 2.24) is 10.2 Å². The summed E-state index contributed by atoms with van der Waals surface area (Å²) >= 11 is 0. The third-order valence-electron chi connectivity index (χ3n) is 6.03. The van der Waals surface area contributed by atoms with Crippen LogP contribution in [0.4, 0.5) is 0 Å². The fraction of sp³-hybridized carbons (Fsp3) is 1.00. The van der Waals surface area contributed by atoms with Crippen molar-refractivity contribution in [1.29, 1.82) is 0 Å². The van der Waals surface area contributed by atoms with Crippen LogP contribution in [0.2, 0.25) is 0 Å². The van der Waals surface area contributed by atoms with Crippen molar-refractivity contribution in [3.63, 3.8) is 0 Å². The fourth-order valence-electron chi connectivity index (χ4n) is 4.63. The molecule has 1 aliphatic carbocycles. The molecule has 1 N–H and O–H groups in total. The monoisotopic (exact) mass is 266 g/mol. The molecule has 2 nitrogen and oxygen atoms in total. The molecular formula is C17H34N2. The largest absolute Gasteiger partial charge is 0.317 e. The number of likely N-dealkylation sites (tertiary alicyclic amines) is 1. The zero-order chi connectivity index (χ0) is 13.8. The highest BCUT2D eigenvalue weighted by Crippen LogP contribution is 2.35. The summed E-state index contributed by atoms with van der Waals surface area (Å²) in [6.45, 7) is 8.60. The lowest BCUT2D eigenvalue weighted by Crippen LogP contribution is -2.57. The summed E-state index contributed by atoms with van der Waals surface area (Å²) in [5, 5.41) is 3.51. The molecule has 1 saturated heterocycles. The van der Waals surface area contributed by atoms with E-state index < -0.39 is 0 Å². The topological polar surface area (TPSA) is 15.3 Å². The summed E-state index contributed by atoms with van der Waals surface area (Å²) in [4.78, 5) is 2.86. The average molecular weight is 266 g/mol. The Bertz CT molecular complexity index is 260. The van der Waals surface area contributed by atoms with Crippen molar-refractivity contribution in [2.24, 2.45) is 11.8 Å². The van der Waals surface area contributed by atoms with Crippen LogP contribution in [-0.4, -0.2) is 36.6 Å². The second kappa shape index (κ2) is 7.08. The van der Waals surface area contributed by atoms with Crippen molar-refractivity contribution in [3.05, 3.63) is 0 Å². The molecule has 0 spiro atoms. The second-order valence-corrected chi connectivity index (χ2v) is 6.90. The Balaban J connectivity index is 2.01. The van der Waals surface area contributed by atoms with Crippen molar-refractivity contribution in [3.8, 4) is 0 Å². The van der Waals surface area contributed by atoms with Gasteiger partial charge in [-0.1, -0.05) is 33.1 Å². The van der Waals surface area contributed by atoms with Gasteiger partial charge in [-0.25, -0.2) is 0 Å². The second-order valence-electron chi connectivity index (χ2n) is 6.90. The van der Waals surface area contributed by atoms with E-state index in [2.05, 4.69) is 38.0 Å². The molecule has 0 aromatic heterocycles. The summed E-state index contributed by atoms with van der Waals surface area (Å²) in [5.74, 6) is 1.75. The maximum absolute atomic E-state index is 3.51. The number of hydrogen-bond acceptors (Lipinski definition) is 2. The maximum Gasteiger partial charge on any atom is 0.0124 e. The Labute approximate surface area is 120 Å². The Morgan fingerprint density at radius 3 is 2.37 bits per heavy atom. The first kappa shape index (κ1) is 15.3. The Morgan fingerprint density at radius 2 is 1.79 bits per heavy atom. The minimum Gasteiger partial charge on any atom is -0.317 e. The molecule has 4 unspecified atom stereocenters. The molecule has 2 aliphatic rings. The van der Waals surface area contributed by atoms with Gasteiger partial charge in [-0.05, 0) is 51.5 Å². The highest BCUT2D eigenvalue weighted by molar-refractivity contribution is 4.93. The van der Waals surface area contributed by atoms with Crippen molar-refractivity contribution >= 4 is 0 Å². The molecule has 112 valence electrons. The molecule has 1 heterocycles. The smallest absolute Gasteiger partial charge is 0.0124 e. The number of nitrogens with one attached hydrogen (secondary N) is 1. The zero-order valence-corrected chi connectivity index (χ0v) is 13.5. The number of piperidine rings is 1. The van der Waals surface area contributed by atoms with Crippen LogP contribution >= 0.6 is 0 Å². The van der Waals surface area contributed by atoms with E-state index in [1.807, 2.05) is 0 Å². The fourth-order valence-corrected chi connectivity index (χ4v) is 4.63. The van der Waals surface area contributed by atoms with Crippen LogP contribution in [-0.2, 0) is 0 Å². The van der Waals surface area contributed by atoms with Gasteiger partial charge in [-0.15, -0.1) is 0 Å². The lowest BCUT2D eigenvalue weighted by atomic mass is 9.79. The first-order valence-electron chi connectivity index (χ1n) is 8.62. The van der Waals surface area contributed by atoms with Gasteiger partial charge in [0.05, 0.1) is 0 Å². The third kappa shape index (κ3) is 3.33. The average Bonchev–Trinajstić information content (AvgIpc) is 2.45. The Kier molecular flexibility index (Phi) is 5.70. The number of nitrogens with zero attached hydrogens (tertiary/aromatic N) is 1. The lowest BCUT2D eigenvalue weighted by Gasteiger charge is -2.49. The SMILES string of the molecule is CCC(C1CCCCC1)N1CCC(NC)C(C)C1C. The van der Waals surface area contributed by atoms with E-state index in [9.17, 15) is 0 Å². The lowest BCUT2D eigenvalue weighted by molar-refractivity contribution is 0.0143. The molecular weight excluding hydrogens is 232 g/mol. The quantitative estimate of drug-likeness (QED) is 0.835. The first-order valence-corrected chi connectivity index (χ1v) is 8.62. The minimum absolute atomic E-state index is 0.718. The molecule has 2 heteroatoms. The normalized spacial score (nSPS) is 36.3.